The predicted octanol–water partition coefficient (Wildman–Crippen LogP) is 6.37. The van der Waals surface area contributed by atoms with Gasteiger partial charge in [0.1, 0.15) is 12.6 Å². The number of ether oxygens (including phenoxy) is 2. The van der Waals surface area contributed by atoms with E-state index in [9.17, 15) is 18.0 Å². The molecule has 0 heterocycles. The lowest BCUT2D eigenvalue weighted by Gasteiger charge is -2.34. The first-order valence-electron chi connectivity index (χ1n) is 14.9. The number of methoxy groups -OCH3 is 2. The summed E-state index contributed by atoms with van der Waals surface area (Å²) in [6.45, 7) is 1.76. The zero-order valence-corrected chi connectivity index (χ0v) is 28.7. The van der Waals surface area contributed by atoms with Crippen molar-refractivity contribution in [2.24, 2.45) is 0 Å². The molecule has 4 aromatic carbocycles. The van der Waals surface area contributed by atoms with E-state index in [0.717, 1.165) is 9.87 Å². The zero-order chi connectivity index (χ0) is 34.0. The Morgan fingerprint density at radius 2 is 1.43 bits per heavy atom. The monoisotopic (exact) mass is 697 g/mol. The van der Waals surface area contributed by atoms with E-state index in [1.807, 2.05) is 37.3 Å². The van der Waals surface area contributed by atoms with Gasteiger partial charge in [-0.25, -0.2) is 8.42 Å². The van der Waals surface area contributed by atoms with Crippen molar-refractivity contribution < 1.29 is 27.5 Å². The van der Waals surface area contributed by atoms with Gasteiger partial charge in [-0.15, -0.1) is 0 Å². The van der Waals surface area contributed by atoms with E-state index in [0.29, 0.717) is 34.3 Å². The molecule has 1 atom stereocenters. The highest BCUT2D eigenvalue weighted by molar-refractivity contribution is 7.92. The minimum absolute atomic E-state index is 0.0257. The van der Waals surface area contributed by atoms with Crippen molar-refractivity contribution in [1.82, 2.24) is 10.2 Å². The highest BCUT2D eigenvalue weighted by atomic mass is 35.5. The molecule has 9 nitrogen and oxygen atoms in total. The molecule has 248 valence electrons. The summed E-state index contributed by atoms with van der Waals surface area (Å²) in [5, 5.41) is 3.84. The fourth-order valence-corrected chi connectivity index (χ4v) is 6.63. The van der Waals surface area contributed by atoms with Gasteiger partial charge in [0.25, 0.3) is 10.0 Å². The number of anilines is 1. The van der Waals surface area contributed by atoms with Crippen LogP contribution in [0.1, 0.15) is 24.5 Å². The third-order valence-electron chi connectivity index (χ3n) is 7.42. The predicted molar refractivity (Wildman–Crippen MR) is 185 cm³/mol. The largest absolute Gasteiger partial charge is 0.493 e. The average Bonchev–Trinajstić information content (AvgIpc) is 3.08. The van der Waals surface area contributed by atoms with E-state index in [4.69, 9.17) is 32.7 Å². The zero-order valence-electron chi connectivity index (χ0n) is 26.4. The summed E-state index contributed by atoms with van der Waals surface area (Å²) in [6.07, 6.45) is 0.905. The van der Waals surface area contributed by atoms with E-state index >= 15 is 0 Å². The first-order valence-corrected chi connectivity index (χ1v) is 17.1. The molecule has 0 aromatic heterocycles. The molecule has 47 heavy (non-hydrogen) atoms. The minimum atomic E-state index is -4.36. The third-order valence-corrected chi connectivity index (χ3v) is 9.70. The second-order valence-corrected chi connectivity index (χ2v) is 13.4. The molecule has 0 aliphatic heterocycles. The Balaban J connectivity index is 1.81. The number of nitrogens with zero attached hydrogens (tertiary/aromatic N) is 2. The Bertz CT molecular complexity index is 1750. The maximum atomic E-state index is 14.5. The SMILES string of the molecule is CCCNC(=O)[C@H](Cc1ccccc1)N(Cc1ccc(Cl)cc1)C(=O)CN(c1ccc(Cl)cc1)S(=O)(=O)c1ccc(OC)c(OC)c1. The molecule has 1 N–H and O–H groups in total. The number of halogens is 2. The third kappa shape index (κ3) is 9.18. The molecule has 4 rings (SSSR count). The van der Waals surface area contributed by atoms with Gasteiger partial charge in [0.05, 0.1) is 24.8 Å². The van der Waals surface area contributed by atoms with Crippen molar-refractivity contribution in [3.63, 3.8) is 0 Å². The van der Waals surface area contributed by atoms with Gasteiger partial charge >= 0.3 is 0 Å². The summed E-state index contributed by atoms with van der Waals surface area (Å²) >= 11 is 12.3. The second kappa shape index (κ2) is 16.5. The summed E-state index contributed by atoms with van der Waals surface area (Å²) < 4.78 is 40.3. The lowest BCUT2D eigenvalue weighted by Crippen LogP contribution is -2.53. The smallest absolute Gasteiger partial charge is 0.264 e. The summed E-state index contributed by atoms with van der Waals surface area (Å²) in [5.74, 6) is -0.391. The maximum Gasteiger partial charge on any atom is 0.264 e. The van der Waals surface area contributed by atoms with Crippen LogP contribution >= 0.6 is 23.2 Å². The Morgan fingerprint density at radius 1 is 0.809 bits per heavy atom. The molecule has 0 aliphatic carbocycles. The van der Waals surface area contributed by atoms with Crippen LogP contribution in [0.3, 0.4) is 0 Å². The molecular weight excluding hydrogens is 661 g/mol. The average molecular weight is 699 g/mol. The number of rotatable bonds is 15. The van der Waals surface area contributed by atoms with Crippen molar-refractivity contribution in [2.75, 3.05) is 31.6 Å². The second-order valence-electron chi connectivity index (χ2n) is 10.6. The van der Waals surface area contributed by atoms with Crippen molar-refractivity contribution in [3.05, 3.63) is 118 Å². The summed E-state index contributed by atoms with van der Waals surface area (Å²) in [5.41, 5.74) is 1.76. The van der Waals surface area contributed by atoms with Gasteiger partial charge in [0, 0.05) is 35.6 Å². The van der Waals surface area contributed by atoms with Crippen LogP contribution in [0, 0.1) is 0 Å². The number of sulfonamides is 1. The number of carbonyl (C=O) groups excluding carboxylic acids is 2. The first-order chi connectivity index (χ1) is 22.6. The fraction of sp³-hybridized carbons (Fsp3) is 0.257. The lowest BCUT2D eigenvalue weighted by atomic mass is 10.0. The number of amides is 2. The number of nitrogens with one attached hydrogen (secondary N) is 1. The van der Waals surface area contributed by atoms with Crippen molar-refractivity contribution in [3.8, 4) is 11.5 Å². The van der Waals surface area contributed by atoms with Crippen LogP contribution in [0.25, 0.3) is 0 Å². The standard InChI is InChI=1S/C35H37Cl2N3O6S/c1-4-20-38-35(42)31(21-25-8-6-5-7-9-25)39(23-26-10-12-27(36)13-11-26)34(41)24-40(29-16-14-28(37)15-17-29)47(43,44)30-18-19-32(45-2)33(22-30)46-3/h5-19,22,31H,4,20-21,23-24H2,1-3H3,(H,38,42)/t31-/m0/s1. The van der Waals surface area contributed by atoms with E-state index in [1.54, 1.807) is 36.4 Å². The fourth-order valence-electron chi connectivity index (χ4n) is 4.95. The van der Waals surface area contributed by atoms with Gasteiger partial charge in [0.2, 0.25) is 11.8 Å². The number of benzene rings is 4. The van der Waals surface area contributed by atoms with Crippen molar-refractivity contribution in [1.29, 1.82) is 0 Å². The maximum absolute atomic E-state index is 14.5. The first kappa shape index (κ1) is 35.6. The Morgan fingerprint density at radius 3 is 2.02 bits per heavy atom. The molecule has 0 radical (unpaired) electrons. The van der Waals surface area contributed by atoms with E-state index in [2.05, 4.69) is 5.32 Å². The Hall–Kier alpha value is -4.25. The van der Waals surface area contributed by atoms with E-state index in [-0.39, 0.29) is 35.2 Å². The Labute approximate surface area is 286 Å². The molecule has 4 aromatic rings. The van der Waals surface area contributed by atoms with Crippen LogP contribution in [-0.2, 0) is 32.6 Å². The van der Waals surface area contributed by atoms with E-state index in [1.165, 1.54) is 49.5 Å². The minimum Gasteiger partial charge on any atom is -0.493 e. The van der Waals surface area contributed by atoms with Crippen LogP contribution in [0.5, 0.6) is 11.5 Å². The van der Waals surface area contributed by atoms with Gasteiger partial charge in [-0.05, 0) is 66.1 Å². The summed E-state index contributed by atoms with van der Waals surface area (Å²) in [6, 6.07) is 25.7. The Kier molecular flexibility index (Phi) is 12.5. The molecule has 0 saturated heterocycles. The van der Waals surface area contributed by atoms with Gasteiger partial charge < -0.3 is 19.7 Å². The molecule has 12 heteroatoms. The lowest BCUT2D eigenvalue weighted by molar-refractivity contribution is -0.140. The molecule has 0 fully saturated rings. The molecular formula is C35H37Cl2N3O6S. The summed E-state index contributed by atoms with van der Waals surface area (Å²) in [7, 11) is -1.51. The molecule has 0 unspecified atom stereocenters. The molecule has 0 bridgehead atoms. The number of hydrogen-bond donors (Lipinski definition) is 1. The normalized spacial score (nSPS) is 11.8. The van der Waals surface area contributed by atoms with E-state index < -0.39 is 28.5 Å². The van der Waals surface area contributed by atoms with Gasteiger partial charge in [0.15, 0.2) is 11.5 Å². The number of carbonyl (C=O) groups is 2. The summed E-state index contributed by atoms with van der Waals surface area (Å²) in [4.78, 5) is 29.6. The highest BCUT2D eigenvalue weighted by Gasteiger charge is 2.35. The van der Waals surface area contributed by atoms with Crippen LogP contribution in [-0.4, -0.2) is 58.5 Å². The molecule has 0 spiro atoms. The van der Waals surface area contributed by atoms with Gasteiger partial charge in [-0.1, -0.05) is 72.6 Å². The number of hydrogen-bond acceptors (Lipinski definition) is 6. The van der Waals surface area contributed by atoms with Crippen LogP contribution in [0.2, 0.25) is 10.0 Å². The van der Waals surface area contributed by atoms with Crippen molar-refractivity contribution in [2.45, 2.75) is 37.2 Å². The highest BCUT2D eigenvalue weighted by Crippen LogP contribution is 2.33. The van der Waals surface area contributed by atoms with Crippen LogP contribution < -0.4 is 19.1 Å². The van der Waals surface area contributed by atoms with Gasteiger partial charge in [-0.2, -0.15) is 0 Å². The topological polar surface area (TPSA) is 105 Å². The molecule has 0 aliphatic rings. The molecule has 2 amide bonds. The van der Waals surface area contributed by atoms with Gasteiger partial charge in [-0.3, -0.25) is 13.9 Å². The quantitative estimate of drug-likeness (QED) is 0.155. The van der Waals surface area contributed by atoms with Crippen LogP contribution in [0.4, 0.5) is 5.69 Å². The van der Waals surface area contributed by atoms with Crippen molar-refractivity contribution >= 4 is 50.7 Å². The molecule has 0 saturated carbocycles. The van der Waals surface area contributed by atoms with Crippen LogP contribution in [0.15, 0.2) is 102 Å².